The minimum atomic E-state index is -3.45. The van der Waals surface area contributed by atoms with Gasteiger partial charge in [0.1, 0.15) is 0 Å². The molecule has 0 aliphatic carbocycles. The van der Waals surface area contributed by atoms with Crippen molar-refractivity contribution in [2.45, 2.75) is 17.7 Å². The molecule has 0 bridgehead atoms. The minimum Gasteiger partial charge on any atom is -0.224 e. The number of unbranched alkanes of at least 4 members (excludes halogenated alkanes) is 1. The summed E-state index contributed by atoms with van der Waals surface area (Å²) in [4.78, 5) is 0.0274. The maximum absolute atomic E-state index is 11.8. The highest BCUT2D eigenvalue weighted by Gasteiger charge is 2.17. The Morgan fingerprint density at radius 1 is 1.31 bits per heavy atom. The molecular weight excluding hydrogens is 269 g/mol. The van der Waals surface area contributed by atoms with Gasteiger partial charge in [0.25, 0.3) is 0 Å². The molecule has 0 saturated carbocycles. The number of sulfone groups is 1. The second-order valence-electron chi connectivity index (χ2n) is 3.16. The summed E-state index contributed by atoms with van der Waals surface area (Å²) in [5.41, 5.74) is 0. The van der Waals surface area contributed by atoms with Gasteiger partial charge in [-0.25, -0.2) is 8.42 Å². The Morgan fingerprint density at radius 3 is 2.62 bits per heavy atom. The van der Waals surface area contributed by atoms with Gasteiger partial charge in [-0.15, -0.1) is 0 Å². The van der Waals surface area contributed by atoms with E-state index in [1.54, 1.807) is 0 Å². The topological polar surface area (TPSA) is 57.9 Å². The van der Waals surface area contributed by atoms with Crippen LogP contribution in [0.4, 0.5) is 0 Å². The van der Waals surface area contributed by atoms with Crippen molar-refractivity contribution < 1.29 is 8.42 Å². The van der Waals surface area contributed by atoms with Gasteiger partial charge in [-0.1, -0.05) is 23.2 Å². The van der Waals surface area contributed by atoms with E-state index >= 15 is 0 Å². The van der Waals surface area contributed by atoms with Crippen LogP contribution < -0.4 is 0 Å². The highest BCUT2D eigenvalue weighted by molar-refractivity contribution is 7.91. The first-order valence-electron chi connectivity index (χ1n) is 4.52. The van der Waals surface area contributed by atoms with Gasteiger partial charge in [0.2, 0.25) is 0 Å². The van der Waals surface area contributed by atoms with E-state index in [0.29, 0.717) is 11.4 Å². The minimum absolute atomic E-state index is 0.0274. The van der Waals surface area contributed by atoms with E-state index < -0.39 is 9.84 Å². The van der Waals surface area contributed by atoms with E-state index in [2.05, 4.69) is 0 Å². The molecule has 0 atom stereocenters. The van der Waals surface area contributed by atoms with Gasteiger partial charge >= 0.3 is 0 Å². The van der Waals surface area contributed by atoms with E-state index in [-0.39, 0.29) is 22.1 Å². The fourth-order valence-electron chi connectivity index (χ4n) is 1.17. The van der Waals surface area contributed by atoms with Crippen LogP contribution in [0.5, 0.6) is 0 Å². The zero-order valence-corrected chi connectivity index (χ0v) is 10.6. The third-order valence-electron chi connectivity index (χ3n) is 1.93. The Kier molecular flexibility index (Phi) is 4.60. The van der Waals surface area contributed by atoms with Crippen LogP contribution in [0.15, 0.2) is 23.1 Å². The number of halogens is 2. The Hall–Kier alpha value is -0.760. The second kappa shape index (κ2) is 5.53. The zero-order chi connectivity index (χ0) is 12.2. The van der Waals surface area contributed by atoms with E-state index in [9.17, 15) is 8.42 Å². The first-order valence-corrected chi connectivity index (χ1v) is 6.93. The van der Waals surface area contributed by atoms with E-state index in [4.69, 9.17) is 28.5 Å². The van der Waals surface area contributed by atoms with Gasteiger partial charge in [-0.2, -0.15) is 5.26 Å². The van der Waals surface area contributed by atoms with Crippen molar-refractivity contribution in [3.63, 3.8) is 0 Å². The van der Waals surface area contributed by atoms with E-state index in [0.717, 1.165) is 0 Å². The lowest BCUT2D eigenvalue weighted by atomic mass is 10.4. The third-order valence-corrected chi connectivity index (χ3v) is 4.44. The van der Waals surface area contributed by atoms with Gasteiger partial charge in [0.05, 0.1) is 21.7 Å². The summed E-state index contributed by atoms with van der Waals surface area (Å²) < 4.78 is 23.7. The summed E-state index contributed by atoms with van der Waals surface area (Å²) in [6.45, 7) is 0. The van der Waals surface area contributed by atoms with Crippen molar-refractivity contribution in [1.29, 1.82) is 5.26 Å². The van der Waals surface area contributed by atoms with Crippen LogP contribution in [-0.4, -0.2) is 14.2 Å². The van der Waals surface area contributed by atoms with E-state index in [1.165, 1.54) is 18.2 Å². The van der Waals surface area contributed by atoms with Gasteiger partial charge in [0, 0.05) is 11.4 Å². The highest BCUT2D eigenvalue weighted by Crippen LogP contribution is 2.26. The Bertz CT molecular complexity index is 520. The first-order chi connectivity index (χ1) is 7.47. The molecule has 1 aromatic carbocycles. The van der Waals surface area contributed by atoms with Gasteiger partial charge in [-0.05, 0) is 24.6 Å². The van der Waals surface area contributed by atoms with Crippen LogP contribution in [0.2, 0.25) is 10.0 Å². The van der Waals surface area contributed by atoms with E-state index in [1.807, 2.05) is 6.07 Å². The van der Waals surface area contributed by atoms with Crippen LogP contribution in [0.1, 0.15) is 12.8 Å². The third kappa shape index (κ3) is 3.38. The number of nitrogens with zero attached hydrogens (tertiary/aromatic N) is 1. The lowest BCUT2D eigenvalue weighted by molar-refractivity contribution is 0.594. The summed E-state index contributed by atoms with van der Waals surface area (Å²) in [5, 5.41) is 8.82. The van der Waals surface area contributed by atoms with Crippen LogP contribution >= 0.6 is 23.2 Å². The van der Waals surface area contributed by atoms with Crippen molar-refractivity contribution in [2.24, 2.45) is 0 Å². The molecular formula is C10H9Cl2NO2S. The van der Waals surface area contributed by atoms with Crippen LogP contribution in [0, 0.1) is 11.3 Å². The Morgan fingerprint density at radius 2 is 2.00 bits per heavy atom. The van der Waals surface area contributed by atoms with Crippen molar-refractivity contribution in [2.75, 3.05) is 5.75 Å². The summed E-state index contributed by atoms with van der Waals surface area (Å²) in [6.07, 6.45) is 0.499. The van der Waals surface area contributed by atoms with Crippen LogP contribution in [0.25, 0.3) is 0 Å². The van der Waals surface area contributed by atoms with Crippen LogP contribution in [0.3, 0.4) is 0 Å². The van der Waals surface area contributed by atoms with Crippen LogP contribution in [-0.2, 0) is 9.84 Å². The predicted molar refractivity (Wildman–Crippen MR) is 63.4 cm³/mol. The fraction of sp³-hybridized carbons (Fsp3) is 0.300. The summed E-state index contributed by atoms with van der Waals surface area (Å²) in [5.74, 6) is -0.0966. The molecule has 0 unspecified atom stereocenters. The van der Waals surface area contributed by atoms with Gasteiger partial charge in [-0.3, -0.25) is 0 Å². The largest absolute Gasteiger partial charge is 0.224 e. The number of rotatable bonds is 4. The molecule has 0 amide bonds. The number of hydrogen-bond acceptors (Lipinski definition) is 3. The molecule has 0 aliphatic heterocycles. The van der Waals surface area contributed by atoms with Crippen molar-refractivity contribution in [3.8, 4) is 6.07 Å². The smallest absolute Gasteiger partial charge is 0.179 e. The molecule has 0 aromatic heterocycles. The second-order valence-corrected chi connectivity index (χ2v) is 6.08. The predicted octanol–water partition coefficient (Wildman–Crippen LogP) is 3.07. The molecule has 1 rings (SSSR count). The van der Waals surface area contributed by atoms with Crippen molar-refractivity contribution >= 4 is 33.0 Å². The molecule has 16 heavy (non-hydrogen) atoms. The monoisotopic (exact) mass is 277 g/mol. The molecule has 0 fully saturated rings. The molecule has 0 radical (unpaired) electrons. The number of benzene rings is 1. The maximum Gasteiger partial charge on any atom is 0.179 e. The summed E-state index contributed by atoms with van der Waals surface area (Å²) >= 11 is 11.5. The molecule has 3 nitrogen and oxygen atoms in total. The SMILES string of the molecule is N#CCCCS(=O)(=O)c1cc(Cl)ccc1Cl. The molecule has 0 saturated heterocycles. The molecule has 86 valence electrons. The Balaban J connectivity index is 2.99. The maximum atomic E-state index is 11.8. The first kappa shape index (κ1) is 13.3. The fourth-order valence-corrected chi connectivity index (χ4v) is 3.29. The highest BCUT2D eigenvalue weighted by atomic mass is 35.5. The lowest BCUT2D eigenvalue weighted by Crippen LogP contribution is -2.07. The molecule has 6 heteroatoms. The summed E-state index contributed by atoms with van der Waals surface area (Å²) in [7, 11) is -3.45. The quantitative estimate of drug-likeness (QED) is 0.795. The standard InChI is InChI=1S/C10H9Cl2NO2S/c11-8-3-4-9(12)10(7-8)16(14,15)6-2-1-5-13/h3-4,7H,1-2,6H2. The Labute approximate surface area is 105 Å². The molecule has 0 spiro atoms. The molecule has 0 N–H and O–H groups in total. The number of nitriles is 1. The average molecular weight is 278 g/mol. The summed E-state index contributed by atoms with van der Waals surface area (Å²) in [6, 6.07) is 6.19. The molecule has 0 heterocycles. The number of hydrogen-bond donors (Lipinski definition) is 0. The zero-order valence-electron chi connectivity index (χ0n) is 8.28. The lowest BCUT2D eigenvalue weighted by Gasteiger charge is -2.05. The van der Waals surface area contributed by atoms with Gasteiger partial charge < -0.3 is 0 Å². The van der Waals surface area contributed by atoms with Gasteiger partial charge in [0.15, 0.2) is 9.84 Å². The molecule has 1 aromatic rings. The normalized spacial score (nSPS) is 11.1. The van der Waals surface area contributed by atoms with Crippen molar-refractivity contribution in [3.05, 3.63) is 28.2 Å². The van der Waals surface area contributed by atoms with Crippen molar-refractivity contribution in [1.82, 2.24) is 0 Å². The average Bonchev–Trinajstić information content (AvgIpc) is 2.22. The molecule has 0 aliphatic rings.